The fourth-order valence-corrected chi connectivity index (χ4v) is 0.390. The molecule has 0 saturated heterocycles. The van der Waals surface area contributed by atoms with E-state index in [-0.39, 0.29) is 0 Å². The van der Waals surface area contributed by atoms with Crippen LogP contribution in [0.4, 0.5) is 22.0 Å². The first-order chi connectivity index (χ1) is 5.27. The van der Waals surface area contributed by atoms with Crippen molar-refractivity contribution in [1.29, 1.82) is 0 Å². The quantitative estimate of drug-likeness (QED) is 0.535. The lowest BCUT2D eigenvalue weighted by Crippen LogP contribution is -2.34. The van der Waals surface area contributed by atoms with Gasteiger partial charge >= 0.3 is 5.31 Å². The zero-order valence-electron chi connectivity index (χ0n) is 5.29. The van der Waals surface area contributed by atoms with Crippen molar-refractivity contribution in [1.82, 2.24) is 0 Å². The van der Waals surface area contributed by atoms with Crippen LogP contribution in [0.5, 0.6) is 0 Å². The minimum atomic E-state index is -3.78. The molecule has 0 aromatic heterocycles. The topological polar surface area (TPSA) is 9.23 Å². The zero-order valence-corrected chi connectivity index (χ0v) is 6.80. The van der Waals surface area contributed by atoms with E-state index in [4.69, 9.17) is 0 Å². The van der Waals surface area contributed by atoms with E-state index in [1.165, 1.54) is 0 Å². The maximum atomic E-state index is 12.3. The SMILES string of the molecule is FC(F)C(F)OC(F)(Cl)C(F)Cl. The van der Waals surface area contributed by atoms with E-state index < -0.39 is 23.7 Å². The highest BCUT2D eigenvalue weighted by atomic mass is 35.5. The first-order valence-corrected chi connectivity index (χ1v) is 3.35. The van der Waals surface area contributed by atoms with Gasteiger partial charge in [0.05, 0.1) is 0 Å². The van der Waals surface area contributed by atoms with Gasteiger partial charge in [-0.15, -0.1) is 0 Å². The molecule has 0 aliphatic rings. The number of rotatable bonds is 4. The second kappa shape index (κ2) is 4.43. The van der Waals surface area contributed by atoms with Gasteiger partial charge in [-0.05, 0) is 11.6 Å². The summed E-state index contributed by atoms with van der Waals surface area (Å²) in [5.74, 6) is 0. The van der Waals surface area contributed by atoms with Crippen LogP contribution in [0.2, 0.25) is 0 Å². The van der Waals surface area contributed by atoms with Crippen molar-refractivity contribution in [3.8, 4) is 0 Å². The monoisotopic (exact) mass is 232 g/mol. The highest BCUT2D eigenvalue weighted by Gasteiger charge is 2.42. The third kappa shape index (κ3) is 3.73. The average Bonchev–Trinajstić information content (AvgIpc) is 1.85. The molecule has 0 saturated carbocycles. The van der Waals surface area contributed by atoms with E-state index >= 15 is 0 Å². The molecule has 0 N–H and O–H groups in total. The van der Waals surface area contributed by atoms with Crippen LogP contribution >= 0.6 is 23.2 Å². The molecule has 3 unspecified atom stereocenters. The predicted molar refractivity (Wildman–Crippen MR) is 32.4 cm³/mol. The molecule has 0 radical (unpaired) electrons. The van der Waals surface area contributed by atoms with Crippen molar-refractivity contribution in [2.45, 2.75) is 23.7 Å². The van der Waals surface area contributed by atoms with E-state index in [0.717, 1.165) is 0 Å². The summed E-state index contributed by atoms with van der Waals surface area (Å²) in [6.07, 6.45) is -6.93. The molecule has 0 aliphatic heterocycles. The fraction of sp³-hybridized carbons (Fsp3) is 1.00. The van der Waals surface area contributed by atoms with Crippen molar-refractivity contribution in [2.75, 3.05) is 0 Å². The third-order valence-corrected chi connectivity index (χ3v) is 1.39. The molecular formula is C4H3Cl2F5O. The second-order valence-electron chi connectivity index (χ2n) is 1.67. The molecular weight excluding hydrogens is 230 g/mol. The largest absolute Gasteiger partial charge is 0.334 e. The van der Waals surface area contributed by atoms with Crippen LogP contribution in [-0.2, 0) is 4.74 Å². The average molecular weight is 233 g/mol. The van der Waals surface area contributed by atoms with Crippen LogP contribution in [0.1, 0.15) is 0 Å². The standard InChI is InChI=1S/C4H3Cl2F5O/c5-3(10)4(6,11)12-2(9)1(7)8/h1-3H. The normalized spacial score (nSPS) is 22.0. The molecule has 0 bridgehead atoms. The molecule has 12 heavy (non-hydrogen) atoms. The number of hydrogen-bond donors (Lipinski definition) is 0. The van der Waals surface area contributed by atoms with Crippen molar-refractivity contribution < 1.29 is 26.7 Å². The Morgan fingerprint density at radius 2 is 1.58 bits per heavy atom. The Balaban J connectivity index is 4.05. The van der Waals surface area contributed by atoms with Gasteiger partial charge in [0.1, 0.15) is 0 Å². The highest BCUT2D eigenvalue weighted by molar-refractivity contribution is 6.30. The van der Waals surface area contributed by atoms with Gasteiger partial charge in [-0.1, -0.05) is 11.6 Å². The van der Waals surface area contributed by atoms with E-state index in [0.29, 0.717) is 0 Å². The molecule has 0 amide bonds. The summed E-state index contributed by atoms with van der Waals surface area (Å²) in [6.45, 7) is 0. The van der Waals surface area contributed by atoms with E-state index in [1.54, 1.807) is 0 Å². The van der Waals surface area contributed by atoms with Crippen LogP contribution < -0.4 is 0 Å². The Bertz CT molecular complexity index is 141. The lowest BCUT2D eigenvalue weighted by Gasteiger charge is -2.20. The summed E-state index contributed by atoms with van der Waals surface area (Å²) < 4.78 is 61.8. The number of hydrogen-bond acceptors (Lipinski definition) is 1. The zero-order chi connectivity index (χ0) is 9.94. The predicted octanol–water partition coefficient (Wildman–Crippen LogP) is 2.96. The maximum absolute atomic E-state index is 12.3. The lowest BCUT2D eigenvalue weighted by molar-refractivity contribution is -0.222. The molecule has 0 spiro atoms. The van der Waals surface area contributed by atoms with Crippen LogP contribution in [0.15, 0.2) is 0 Å². The maximum Gasteiger partial charge on any atom is 0.334 e. The third-order valence-electron chi connectivity index (χ3n) is 0.722. The summed E-state index contributed by atoms with van der Waals surface area (Å²) in [5.41, 5.74) is -2.93. The molecule has 3 atom stereocenters. The van der Waals surface area contributed by atoms with Crippen LogP contribution in [0.25, 0.3) is 0 Å². The van der Waals surface area contributed by atoms with Gasteiger partial charge in [0.25, 0.3) is 12.8 Å². The number of halogens is 7. The van der Waals surface area contributed by atoms with Gasteiger partial charge in [0.2, 0.25) is 5.63 Å². The van der Waals surface area contributed by atoms with Crippen LogP contribution in [0, 0.1) is 0 Å². The van der Waals surface area contributed by atoms with Crippen molar-refractivity contribution in [3.63, 3.8) is 0 Å². The van der Waals surface area contributed by atoms with E-state index in [1.807, 2.05) is 0 Å². The summed E-state index contributed by atoms with van der Waals surface area (Å²) >= 11 is 8.85. The first-order valence-electron chi connectivity index (χ1n) is 2.53. The van der Waals surface area contributed by atoms with Crippen LogP contribution in [-0.4, -0.2) is 23.7 Å². The molecule has 0 aliphatic carbocycles. The second-order valence-corrected chi connectivity index (χ2v) is 2.56. The number of ether oxygens (including phenoxy) is 1. The highest BCUT2D eigenvalue weighted by Crippen LogP contribution is 2.31. The van der Waals surface area contributed by atoms with Gasteiger partial charge in [-0.2, -0.15) is 4.39 Å². The fourth-order valence-electron chi connectivity index (χ4n) is 0.253. The van der Waals surface area contributed by atoms with E-state index in [2.05, 4.69) is 27.9 Å². The molecule has 8 heteroatoms. The molecule has 0 rings (SSSR count). The molecule has 0 fully saturated rings. The Morgan fingerprint density at radius 1 is 1.17 bits per heavy atom. The van der Waals surface area contributed by atoms with Crippen molar-refractivity contribution in [2.24, 2.45) is 0 Å². The summed E-state index contributed by atoms with van der Waals surface area (Å²) in [7, 11) is 0. The van der Waals surface area contributed by atoms with Gasteiger partial charge in [-0.25, -0.2) is 17.6 Å². The Morgan fingerprint density at radius 3 is 1.83 bits per heavy atom. The van der Waals surface area contributed by atoms with Gasteiger partial charge in [0.15, 0.2) is 0 Å². The molecule has 1 nitrogen and oxygen atoms in total. The number of alkyl halides is 7. The smallest absolute Gasteiger partial charge is 0.290 e. The molecule has 0 aromatic carbocycles. The Hall–Kier alpha value is 0.190. The van der Waals surface area contributed by atoms with Gasteiger partial charge < -0.3 is 0 Å². The van der Waals surface area contributed by atoms with E-state index in [9.17, 15) is 22.0 Å². The summed E-state index contributed by atoms with van der Waals surface area (Å²) in [6, 6.07) is 0. The lowest BCUT2D eigenvalue weighted by atomic mass is 10.6. The Kier molecular flexibility index (Phi) is 4.50. The minimum absolute atomic E-state index is 2.93. The molecule has 0 heterocycles. The summed E-state index contributed by atoms with van der Waals surface area (Å²) in [5, 5.41) is -3.78. The molecule has 0 aromatic rings. The van der Waals surface area contributed by atoms with Gasteiger partial charge in [0, 0.05) is 0 Å². The molecule has 74 valence electrons. The summed E-state index contributed by atoms with van der Waals surface area (Å²) in [4.78, 5) is 0. The minimum Gasteiger partial charge on any atom is -0.290 e. The van der Waals surface area contributed by atoms with Crippen molar-refractivity contribution >= 4 is 23.2 Å². The van der Waals surface area contributed by atoms with Crippen LogP contribution in [0.3, 0.4) is 0 Å². The van der Waals surface area contributed by atoms with Gasteiger partial charge in [-0.3, -0.25) is 4.74 Å². The first kappa shape index (κ1) is 12.2. The van der Waals surface area contributed by atoms with Crippen molar-refractivity contribution in [3.05, 3.63) is 0 Å². The Labute approximate surface area is 74.4 Å².